The number of nitrogens with zero attached hydrogens (tertiary/aromatic N) is 8. The molecule has 8 nitrogen and oxygen atoms in total. The Bertz CT molecular complexity index is 5250. The molecule has 0 radical (unpaired) electrons. The van der Waals surface area contributed by atoms with Crippen LogP contribution in [0.2, 0.25) is 0 Å². The van der Waals surface area contributed by atoms with Gasteiger partial charge in [-0.05, 0) is 112 Å². The van der Waals surface area contributed by atoms with Gasteiger partial charge in [-0.25, -0.2) is 24.9 Å². The molecule has 12 aromatic carbocycles. The zero-order chi connectivity index (χ0) is 61.4. The fourth-order valence-corrected chi connectivity index (χ4v) is 13.8. The predicted molar refractivity (Wildman–Crippen MR) is 381 cm³/mol. The van der Waals surface area contributed by atoms with Gasteiger partial charge in [0.05, 0.1) is 33.8 Å². The van der Waals surface area contributed by atoms with Gasteiger partial charge in [0.1, 0.15) is 0 Å². The van der Waals surface area contributed by atoms with Gasteiger partial charge in [-0.2, -0.15) is 0 Å². The average Bonchev–Trinajstić information content (AvgIpc) is 0.844. The summed E-state index contributed by atoms with van der Waals surface area (Å²) in [4.78, 5) is 31.9. The van der Waals surface area contributed by atoms with Crippen LogP contribution in [0.4, 0.5) is 34.1 Å². The summed E-state index contributed by atoms with van der Waals surface area (Å²) in [5.41, 5.74) is 24.1. The summed E-state index contributed by atoms with van der Waals surface area (Å²) in [5, 5.41) is 2.34. The first-order chi connectivity index (χ1) is 45.3. The van der Waals surface area contributed by atoms with Crippen LogP contribution in [0.1, 0.15) is 26.3 Å². The van der Waals surface area contributed by atoms with Crippen molar-refractivity contribution in [2.75, 3.05) is 9.80 Å². The molecule has 0 bridgehead atoms. The molecule has 5 heterocycles. The van der Waals surface area contributed by atoms with Gasteiger partial charge in [-0.3, -0.25) is 0 Å². The van der Waals surface area contributed by atoms with Gasteiger partial charge in [0.15, 0.2) is 23.3 Å². The van der Waals surface area contributed by atoms with Crippen molar-refractivity contribution in [1.82, 2.24) is 29.5 Å². The molecule has 0 atom stereocenters. The van der Waals surface area contributed by atoms with E-state index in [2.05, 4.69) is 296 Å². The first kappa shape index (κ1) is 54.4. The lowest BCUT2D eigenvalue weighted by Gasteiger charge is -2.45. The van der Waals surface area contributed by atoms with Crippen LogP contribution in [0.25, 0.3) is 107 Å². The van der Waals surface area contributed by atoms with Crippen molar-refractivity contribution < 1.29 is 0 Å². The molecular weight excluding hydrogens is 1120 g/mol. The highest BCUT2D eigenvalue weighted by Crippen LogP contribution is 2.48. The molecule has 0 saturated carbocycles. The molecule has 0 aliphatic carbocycles. The Hall–Kier alpha value is -11.8. The number of rotatable bonds is 10. The van der Waals surface area contributed by atoms with Crippen LogP contribution in [0.15, 0.2) is 303 Å². The van der Waals surface area contributed by atoms with E-state index in [1.165, 1.54) is 38.4 Å². The van der Waals surface area contributed by atoms with E-state index in [0.29, 0.717) is 23.3 Å². The third-order valence-electron chi connectivity index (χ3n) is 18.2. The van der Waals surface area contributed by atoms with Gasteiger partial charge in [-0.1, -0.05) is 245 Å². The Morgan fingerprint density at radius 1 is 0.304 bits per heavy atom. The maximum absolute atomic E-state index is 5.61. The largest absolute Gasteiger partial charge is 0.311 e. The first-order valence-corrected chi connectivity index (χ1v) is 31.4. The Balaban J connectivity index is 0.874. The molecule has 92 heavy (non-hydrogen) atoms. The number of anilines is 6. The highest BCUT2D eigenvalue weighted by molar-refractivity contribution is 7.00. The molecule has 2 aliphatic heterocycles. The van der Waals surface area contributed by atoms with Gasteiger partial charge in [-0.15, -0.1) is 0 Å². The number of fused-ring (bicyclic) bond motifs is 7. The highest BCUT2D eigenvalue weighted by atomic mass is 15.2. The lowest BCUT2D eigenvalue weighted by Crippen LogP contribution is -2.61. The van der Waals surface area contributed by atoms with Crippen molar-refractivity contribution in [3.8, 4) is 84.9 Å². The second-order valence-corrected chi connectivity index (χ2v) is 24.8. The molecule has 0 N–H and O–H groups in total. The molecule has 0 unspecified atom stereocenters. The molecule has 2 aliphatic rings. The Labute approximate surface area is 535 Å². The lowest BCUT2D eigenvalue weighted by molar-refractivity contribution is 0.591. The quantitative estimate of drug-likeness (QED) is 0.126. The second-order valence-electron chi connectivity index (χ2n) is 24.8. The Morgan fingerprint density at radius 3 is 1.40 bits per heavy atom. The summed E-state index contributed by atoms with van der Waals surface area (Å²) in [6, 6.07) is 108. The van der Waals surface area contributed by atoms with Crippen LogP contribution >= 0.6 is 0 Å². The van der Waals surface area contributed by atoms with Gasteiger partial charge >= 0.3 is 0 Å². The van der Waals surface area contributed by atoms with Crippen molar-refractivity contribution in [3.63, 3.8) is 0 Å². The standard InChI is InChI=1S/C83H59BN8/c1-83(2,3)60-46-49-72-65(52-60)64-35-19-22-38-71(64)92(72)73-48-45-59(70-53-69(55-25-9-4-10-26-55)85-79(86-70)56-27-11-5-12-28-56)51-66(73)82-88-80(57-29-13-6-14-30-57)87-81(89-82)58-43-41-54(42-44-58)63-47-50-76-77-78(63)91(62-33-17-8-18-34-62)75-40-24-21-37-68(75)84(77)67-36-20-23-39-74(67)90(76)61-31-15-7-16-32-61/h4-53H,1-3H3. The molecule has 15 aromatic rings. The molecule has 0 spiro atoms. The van der Waals surface area contributed by atoms with Gasteiger partial charge in [0.25, 0.3) is 6.71 Å². The van der Waals surface area contributed by atoms with Gasteiger partial charge in [0, 0.05) is 78.2 Å². The second kappa shape index (κ2) is 22.0. The molecular formula is C83H59BN8. The Kier molecular flexibility index (Phi) is 13.0. The van der Waals surface area contributed by atoms with Crippen molar-refractivity contribution >= 4 is 79.0 Å². The Morgan fingerprint density at radius 2 is 0.772 bits per heavy atom. The smallest absolute Gasteiger partial charge is 0.252 e. The van der Waals surface area contributed by atoms with Crippen LogP contribution < -0.4 is 26.2 Å². The zero-order valence-electron chi connectivity index (χ0n) is 51.0. The average molecular weight is 1180 g/mol. The lowest BCUT2D eigenvalue weighted by atomic mass is 9.33. The van der Waals surface area contributed by atoms with E-state index in [1.807, 2.05) is 42.5 Å². The summed E-state index contributed by atoms with van der Waals surface area (Å²) in [6.45, 7) is 6.80. The maximum Gasteiger partial charge on any atom is 0.252 e. The minimum absolute atomic E-state index is 0.0235. The van der Waals surface area contributed by atoms with Crippen LogP contribution in [-0.2, 0) is 5.41 Å². The molecule has 0 saturated heterocycles. The van der Waals surface area contributed by atoms with E-state index < -0.39 is 0 Å². The number of benzene rings is 12. The van der Waals surface area contributed by atoms with Crippen LogP contribution in [-0.4, -0.2) is 36.2 Å². The van der Waals surface area contributed by atoms with Gasteiger partial charge < -0.3 is 14.4 Å². The summed E-state index contributed by atoms with van der Waals surface area (Å²) in [7, 11) is 0. The minimum Gasteiger partial charge on any atom is -0.311 e. The van der Waals surface area contributed by atoms with Crippen molar-refractivity contribution in [3.05, 3.63) is 309 Å². The summed E-state index contributed by atoms with van der Waals surface area (Å²) >= 11 is 0. The fraction of sp³-hybridized carbons (Fsp3) is 0.0482. The van der Waals surface area contributed by atoms with Crippen LogP contribution in [0.3, 0.4) is 0 Å². The number of aromatic nitrogens is 6. The van der Waals surface area contributed by atoms with E-state index in [-0.39, 0.29) is 12.1 Å². The third kappa shape index (κ3) is 9.27. The number of para-hydroxylation sites is 5. The molecule has 0 fully saturated rings. The number of hydrogen-bond acceptors (Lipinski definition) is 7. The first-order valence-electron chi connectivity index (χ1n) is 31.4. The van der Waals surface area contributed by atoms with Crippen molar-refractivity contribution in [2.45, 2.75) is 26.2 Å². The maximum atomic E-state index is 5.61. The summed E-state index contributed by atoms with van der Waals surface area (Å²) in [5.74, 6) is 2.28. The van der Waals surface area contributed by atoms with Crippen molar-refractivity contribution in [2.24, 2.45) is 0 Å². The molecule has 3 aromatic heterocycles. The van der Waals surface area contributed by atoms with Crippen LogP contribution in [0, 0.1) is 0 Å². The summed E-state index contributed by atoms with van der Waals surface area (Å²) < 4.78 is 2.38. The summed E-state index contributed by atoms with van der Waals surface area (Å²) in [6.07, 6.45) is 0. The third-order valence-corrected chi connectivity index (χ3v) is 18.2. The van der Waals surface area contributed by atoms with Crippen LogP contribution in [0.5, 0.6) is 0 Å². The molecule has 17 rings (SSSR count). The number of hydrogen-bond donors (Lipinski definition) is 0. The van der Waals surface area contributed by atoms with E-state index >= 15 is 0 Å². The molecule has 0 amide bonds. The zero-order valence-corrected chi connectivity index (χ0v) is 51.0. The SMILES string of the molecule is CC(C)(C)c1ccc2c(c1)c1ccccc1n2-c1ccc(-c2cc(-c3ccccc3)nc(-c3ccccc3)n2)cc1-c1nc(-c2ccccc2)nc(-c2ccc(-c3ccc4c5c3N(c3ccccc3)c3ccccc3B5c3ccccc3N4c3ccccc3)cc2)n1. The highest BCUT2D eigenvalue weighted by Gasteiger charge is 2.44. The van der Waals surface area contributed by atoms with Gasteiger partial charge in [0.2, 0.25) is 0 Å². The van der Waals surface area contributed by atoms with E-state index in [4.69, 9.17) is 24.9 Å². The van der Waals surface area contributed by atoms with E-state index in [9.17, 15) is 0 Å². The minimum atomic E-state index is -0.0570. The topological polar surface area (TPSA) is 75.9 Å². The van der Waals surface area contributed by atoms with Crippen molar-refractivity contribution in [1.29, 1.82) is 0 Å². The normalized spacial score (nSPS) is 12.4. The fourth-order valence-electron chi connectivity index (χ4n) is 13.8. The molecule has 9 heteroatoms. The predicted octanol–water partition coefficient (Wildman–Crippen LogP) is 18.8. The molecule has 434 valence electrons. The van der Waals surface area contributed by atoms with E-state index in [1.54, 1.807) is 0 Å². The van der Waals surface area contributed by atoms with E-state index in [0.717, 1.165) is 101 Å². The monoisotopic (exact) mass is 1180 g/mol.